The number of nitrogens with one attached hydrogen (secondary N) is 2. The molecule has 5 rings (SSSR count). The van der Waals surface area contributed by atoms with Gasteiger partial charge in [-0.15, -0.1) is 0 Å². The van der Waals surface area contributed by atoms with Crippen LogP contribution in [0.2, 0.25) is 0 Å². The van der Waals surface area contributed by atoms with E-state index < -0.39 is 5.91 Å². The van der Waals surface area contributed by atoms with Crippen molar-refractivity contribution in [2.75, 3.05) is 75.0 Å². The van der Waals surface area contributed by atoms with Gasteiger partial charge in [0.15, 0.2) is 11.5 Å². The van der Waals surface area contributed by atoms with E-state index in [1.165, 1.54) is 0 Å². The van der Waals surface area contributed by atoms with E-state index in [-0.39, 0.29) is 17.8 Å². The Morgan fingerprint density at radius 2 is 1.85 bits per heavy atom. The van der Waals surface area contributed by atoms with Crippen LogP contribution in [0.25, 0.3) is 0 Å². The molecule has 11 heteroatoms. The molecule has 1 amide bonds. The molecule has 39 heavy (non-hydrogen) atoms. The monoisotopic (exact) mass is 538 g/mol. The van der Waals surface area contributed by atoms with Crippen LogP contribution >= 0.6 is 0 Å². The number of carbonyl (C=O) groups excluding carboxylic acids is 1. The minimum absolute atomic E-state index is 0.115. The molecular formula is C28H42N8O3. The fourth-order valence-electron chi connectivity index (χ4n) is 5.56. The molecule has 0 atom stereocenters. The summed E-state index contributed by atoms with van der Waals surface area (Å²) in [5, 5.41) is 16.6. The van der Waals surface area contributed by atoms with E-state index in [1.54, 1.807) is 0 Å². The molecule has 1 aromatic heterocycles. The van der Waals surface area contributed by atoms with E-state index in [9.17, 15) is 9.90 Å². The highest BCUT2D eigenvalue weighted by Gasteiger charge is 2.24. The molecule has 3 heterocycles. The summed E-state index contributed by atoms with van der Waals surface area (Å²) in [5.41, 5.74) is 8.35. The van der Waals surface area contributed by atoms with Crippen molar-refractivity contribution in [3.05, 3.63) is 29.6 Å². The highest BCUT2D eigenvalue weighted by molar-refractivity contribution is 5.96. The van der Waals surface area contributed by atoms with Gasteiger partial charge in [0.1, 0.15) is 18.2 Å². The number of ether oxygens (including phenoxy) is 1. The van der Waals surface area contributed by atoms with Crippen LogP contribution in [0.5, 0.6) is 5.75 Å². The second kappa shape index (κ2) is 12.4. The molecule has 2 fully saturated rings. The van der Waals surface area contributed by atoms with Crippen molar-refractivity contribution in [3.8, 4) is 5.75 Å². The summed E-state index contributed by atoms with van der Waals surface area (Å²) in [7, 11) is 2.18. The number of nitrogens with two attached hydrogens (primary N) is 1. The van der Waals surface area contributed by atoms with Crippen molar-refractivity contribution in [1.82, 2.24) is 19.8 Å². The van der Waals surface area contributed by atoms with Crippen molar-refractivity contribution in [3.63, 3.8) is 0 Å². The summed E-state index contributed by atoms with van der Waals surface area (Å²) >= 11 is 0. The number of nitrogens with zero attached hydrogens (tertiary/aromatic N) is 5. The van der Waals surface area contributed by atoms with Crippen molar-refractivity contribution in [2.45, 2.75) is 51.2 Å². The number of primary amides is 1. The molecule has 1 saturated carbocycles. The molecule has 0 spiro atoms. The van der Waals surface area contributed by atoms with Gasteiger partial charge in [0.2, 0.25) is 0 Å². The molecule has 3 aliphatic rings. The Balaban J connectivity index is 1.31. The molecular weight excluding hydrogens is 496 g/mol. The Hall–Kier alpha value is -3.15. The number of fused-ring (bicyclic) bond motifs is 1. The lowest BCUT2D eigenvalue weighted by molar-refractivity contribution is 0.0996. The van der Waals surface area contributed by atoms with Gasteiger partial charge in [0, 0.05) is 57.1 Å². The van der Waals surface area contributed by atoms with Gasteiger partial charge in [-0.1, -0.05) is 6.92 Å². The van der Waals surface area contributed by atoms with E-state index in [1.807, 2.05) is 19.1 Å². The summed E-state index contributed by atoms with van der Waals surface area (Å²) in [6.07, 6.45) is 3.63. The second-order valence-corrected chi connectivity index (χ2v) is 10.9. The number of rotatable bonds is 9. The van der Waals surface area contributed by atoms with Crippen LogP contribution in [0.3, 0.4) is 0 Å². The first-order valence-electron chi connectivity index (χ1n) is 14.2. The number of piperazine rings is 1. The predicted molar refractivity (Wildman–Crippen MR) is 153 cm³/mol. The molecule has 0 radical (unpaired) electrons. The zero-order valence-electron chi connectivity index (χ0n) is 23.2. The largest absolute Gasteiger partial charge is 0.489 e. The molecule has 2 aliphatic heterocycles. The maximum absolute atomic E-state index is 12.3. The van der Waals surface area contributed by atoms with E-state index in [0.717, 1.165) is 88.6 Å². The standard InChI is InChI=1S/C28H42N8O3/c1-3-22-27(30-19-4-7-21(37)8-5-19)33-28(25(32-22)26(29)38)31-20-6-9-23-24(18-20)39-17-16-36(23)15-14-35-12-10-34(2)11-13-35/h6,9,18-19,21,37H,3-5,7-8,10-17H2,1-2H3,(H2,29,38)(H2,30,31,33)/t19-,21-. The van der Waals surface area contributed by atoms with Gasteiger partial charge in [0.05, 0.1) is 24.0 Å². The summed E-state index contributed by atoms with van der Waals surface area (Å²) < 4.78 is 6.02. The summed E-state index contributed by atoms with van der Waals surface area (Å²) in [6, 6.07) is 6.19. The number of benzene rings is 1. The lowest BCUT2D eigenvalue weighted by atomic mass is 9.93. The van der Waals surface area contributed by atoms with E-state index >= 15 is 0 Å². The fraction of sp³-hybridized carbons (Fsp3) is 0.607. The van der Waals surface area contributed by atoms with Gasteiger partial charge < -0.3 is 36.0 Å². The van der Waals surface area contributed by atoms with E-state index in [0.29, 0.717) is 30.4 Å². The Kier molecular flexibility index (Phi) is 8.69. The van der Waals surface area contributed by atoms with E-state index in [2.05, 4.69) is 43.4 Å². The molecule has 0 bridgehead atoms. The first-order chi connectivity index (χ1) is 18.9. The van der Waals surface area contributed by atoms with Gasteiger partial charge >= 0.3 is 0 Å². The molecule has 1 aliphatic carbocycles. The number of hydrogen-bond acceptors (Lipinski definition) is 10. The van der Waals surface area contributed by atoms with Gasteiger partial charge in [-0.05, 0) is 51.3 Å². The molecule has 0 unspecified atom stereocenters. The van der Waals surface area contributed by atoms with Crippen molar-refractivity contribution in [2.24, 2.45) is 5.73 Å². The van der Waals surface area contributed by atoms with Crippen LogP contribution in [0.1, 0.15) is 48.8 Å². The number of aliphatic hydroxyl groups excluding tert-OH is 1. The number of aryl methyl sites for hydroxylation is 1. The number of aliphatic hydroxyl groups is 1. The molecule has 1 aromatic carbocycles. The van der Waals surface area contributed by atoms with Crippen LogP contribution in [-0.2, 0) is 6.42 Å². The molecule has 2 aromatic rings. The first kappa shape index (κ1) is 27.4. The van der Waals surface area contributed by atoms with Gasteiger partial charge in [-0.2, -0.15) is 0 Å². The maximum Gasteiger partial charge on any atom is 0.271 e. The lowest BCUT2D eigenvalue weighted by Gasteiger charge is -2.36. The number of amides is 1. The van der Waals surface area contributed by atoms with Crippen molar-refractivity contribution in [1.29, 1.82) is 0 Å². The number of hydrogen-bond donors (Lipinski definition) is 4. The Bertz CT molecular complexity index is 1150. The minimum atomic E-state index is -0.628. The Labute approximate surface area is 230 Å². The quantitative estimate of drug-likeness (QED) is 0.376. The fourth-order valence-corrected chi connectivity index (χ4v) is 5.56. The van der Waals surface area contributed by atoms with E-state index in [4.69, 9.17) is 15.5 Å². The molecule has 11 nitrogen and oxygen atoms in total. The topological polar surface area (TPSA) is 132 Å². The van der Waals surface area contributed by atoms with Crippen LogP contribution in [0, 0.1) is 0 Å². The van der Waals surface area contributed by atoms with Crippen molar-refractivity contribution >= 4 is 28.9 Å². The van der Waals surface area contributed by atoms with Crippen molar-refractivity contribution < 1.29 is 14.6 Å². The zero-order valence-corrected chi connectivity index (χ0v) is 23.2. The highest BCUT2D eigenvalue weighted by atomic mass is 16.5. The summed E-state index contributed by atoms with van der Waals surface area (Å²) in [6.45, 7) is 9.90. The zero-order chi connectivity index (χ0) is 27.4. The third kappa shape index (κ3) is 6.71. The average molecular weight is 539 g/mol. The molecule has 212 valence electrons. The normalized spacial score (nSPS) is 22.2. The first-order valence-corrected chi connectivity index (χ1v) is 14.2. The number of anilines is 4. The third-order valence-corrected chi connectivity index (χ3v) is 8.04. The lowest BCUT2D eigenvalue weighted by Crippen LogP contribution is -2.47. The second-order valence-electron chi connectivity index (χ2n) is 10.9. The Morgan fingerprint density at radius 1 is 1.08 bits per heavy atom. The SMILES string of the molecule is CCc1nc(C(N)=O)c(Nc2ccc3c(c2)OCCN3CCN2CCN(C)CC2)nc1N[C@H]1CC[C@H](O)CC1. The smallest absolute Gasteiger partial charge is 0.271 e. The average Bonchev–Trinajstić information content (AvgIpc) is 2.94. The number of carbonyl (C=O) groups is 1. The molecule has 1 saturated heterocycles. The van der Waals surface area contributed by atoms with Gasteiger partial charge in [-0.25, -0.2) is 9.97 Å². The van der Waals surface area contributed by atoms with Crippen LogP contribution in [0.15, 0.2) is 18.2 Å². The van der Waals surface area contributed by atoms with Gasteiger partial charge in [-0.3, -0.25) is 9.69 Å². The third-order valence-electron chi connectivity index (χ3n) is 8.04. The Morgan fingerprint density at radius 3 is 2.56 bits per heavy atom. The minimum Gasteiger partial charge on any atom is -0.489 e. The highest BCUT2D eigenvalue weighted by Crippen LogP contribution is 2.35. The van der Waals surface area contributed by atoms with Crippen LogP contribution < -0.4 is 26.0 Å². The number of likely N-dealkylation sites (N-methyl/N-ethyl adjacent to an activating group) is 1. The summed E-state index contributed by atoms with van der Waals surface area (Å²) in [5.74, 6) is 1.15. The van der Waals surface area contributed by atoms with Gasteiger partial charge in [0.25, 0.3) is 5.91 Å². The van der Waals surface area contributed by atoms with Crippen LogP contribution in [0.4, 0.5) is 23.0 Å². The predicted octanol–water partition coefficient (Wildman–Crippen LogP) is 2.04. The van der Waals surface area contributed by atoms with Crippen LogP contribution in [-0.4, -0.2) is 102 Å². The number of aromatic nitrogens is 2. The summed E-state index contributed by atoms with van der Waals surface area (Å²) in [4.78, 5) is 28.9. The maximum atomic E-state index is 12.3. The molecule has 5 N–H and O–H groups in total.